The van der Waals surface area contributed by atoms with Gasteiger partial charge in [-0.25, -0.2) is 0 Å². The van der Waals surface area contributed by atoms with Crippen LogP contribution in [0.15, 0.2) is 16.6 Å². The van der Waals surface area contributed by atoms with E-state index in [9.17, 15) is 9.90 Å². The van der Waals surface area contributed by atoms with Crippen LogP contribution in [0, 0.1) is 12.3 Å². The molecule has 0 amide bonds. The quantitative estimate of drug-likeness (QED) is 0.695. The first-order valence-corrected chi connectivity index (χ1v) is 7.93. The fourth-order valence-electron chi connectivity index (χ4n) is 1.85. The third-order valence-corrected chi connectivity index (χ3v) is 3.67. The summed E-state index contributed by atoms with van der Waals surface area (Å²) in [5.41, 5.74) is 1.13. The van der Waals surface area contributed by atoms with E-state index in [0.29, 0.717) is 6.54 Å². The summed E-state index contributed by atoms with van der Waals surface area (Å²) in [5.74, 6) is -0.0842. The molecular formula is C16H24BrNO3. The number of carbonyl (C=O) groups is 1. The van der Waals surface area contributed by atoms with Gasteiger partial charge in [0, 0.05) is 16.6 Å². The van der Waals surface area contributed by atoms with E-state index in [-0.39, 0.29) is 6.61 Å². The Hall–Kier alpha value is -1.07. The van der Waals surface area contributed by atoms with Crippen molar-refractivity contribution in [3.63, 3.8) is 0 Å². The average Bonchev–Trinajstić information content (AvgIpc) is 2.37. The molecule has 1 aromatic carbocycles. The maximum atomic E-state index is 11.2. The number of halogens is 1. The van der Waals surface area contributed by atoms with Crippen LogP contribution in [0.1, 0.15) is 38.3 Å². The van der Waals surface area contributed by atoms with Crippen molar-refractivity contribution in [2.75, 3.05) is 13.2 Å². The Kier molecular flexibility index (Phi) is 6.68. The fraction of sp³-hybridized carbons (Fsp3) is 0.562. The van der Waals surface area contributed by atoms with E-state index in [0.717, 1.165) is 34.3 Å². The van der Waals surface area contributed by atoms with Gasteiger partial charge in [0.05, 0.1) is 5.41 Å². The lowest BCUT2D eigenvalue weighted by Gasteiger charge is -2.22. The van der Waals surface area contributed by atoms with Crippen molar-refractivity contribution < 1.29 is 14.6 Å². The SMILES string of the molecule is CCCNCc1cc(Br)cc(C)c1OCC(C)(C)C(=O)O. The predicted octanol–water partition coefficient (Wildman–Crippen LogP) is 3.75. The van der Waals surface area contributed by atoms with E-state index in [4.69, 9.17) is 4.74 Å². The van der Waals surface area contributed by atoms with Gasteiger partial charge in [-0.1, -0.05) is 22.9 Å². The molecular weight excluding hydrogens is 334 g/mol. The second-order valence-electron chi connectivity index (χ2n) is 5.87. The number of hydrogen-bond donors (Lipinski definition) is 2. The Bertz CT molecular complexity index is 501. The molecule has 0 fully saturated rings. The first-order chi connectivity index (χ1) is 9.77. The molecule has 1 rings (SSSR count). The molecule has 0 atom stereocenters. The highest BCUT2D eigenvalue weighted by Gasteiger charge is 2.28. The number of carboxylic acid groups (broad SMARTS) is 1. The minimum Gasteiger partial charge on any atom is -0.492 e. The normalized spacial score (nSPS) is 11.5. The highest BCUT2D eigenvalue weighted by Crippen LogP contribution is 2.30. The zero-order valence-corrected chi connectivity index (χ0v) is 14.7. The van der Waals surface area contributed by atoms with E-state index in [1.807, 2.05) is 19.1 Å². The van der Waals surface area contributed by atoms with Crippen LogP contribution in [0.3, 0.4) is 0 Å². The fourth-order valence-corrected chi connectivity index (χ4v) is 2.47. The molecule has 0 spiro atoms. The van der Waals surface area contributed by atoms with E-state index >= 15 is 0 Å². The van der Waals surface area contributed by atoms with Crippen molar-refractivity contribution in [3.8, 4) is 5.75 Å². The Morgan fingerprint density at radius 1 is 1.43 bits per heavy atom. The topological polar surface area (TPSA) is 58.6 Å². The van der Waals surface area contributed by atoms with Crippen LogP contribution in [0.25, 0.3) is 0 Å². The van der Waals surface area contributed by atoms with E-state index < -0.39 is 11.4 Å². The van der Waals surface area contributed by atoms with Gasteiger partial charge in [0.2, 0.25) is 0 Å². The van der Waals surface area contributed by atoms with E-state index in [1.54, 1.807) is 13.8 Å². The second kappa shape index (κ2) is 7.80. The van der Waals surface area contributed by atoms with Gasteiger partial charge in [0.1, 0.15) is 12.4 Å². The first kappa shape index (κ1) is 18.0. The number of nitrogens with one attached hydrogen (secondary N) is 1. The molecule has 1 aromatic rings. The summed E-state index contributed by atoms with van der Waals surface area (Å²) in [6.07, 6.45) is 1.06. The van der Waals surface area contributed by atoms with Gasteiger partial charge in [-0.3, -0.25) is 4.79 Å². The molecule has 0 bridgehead atoms. The van der Waals surface area contributed by atoms with Crippen LogP contribution < -0.4 is 10.1 Å². The maximum Gasteiger partial charge on any atom is 0.312 e. The van der Waals surface area contributed by atoms with Gasteiger partial charge in [0.25, 0.3) is 0 Å². The van der Waals surface area contributed by atoms with Crippen LogP contribution in [-0.2, 0) is 11.3 Å². The van der Waals surface area contributed by atoms with Crippen LogP contribution in [-0.4, -0.2) is 24.2 Å². The van der Waals surface area contributed by atoms with Gasteiger partial charge < -0.3 is 15.2 Å². The van der Waals surface area contributed by atoms with Crippen LogP contribution in [0.5, 0.6) is 5.75 Å². The molecule has 0 saturated carbocycles. The standard InChI is InChI=1S/C16H24BrNO3/c1-5-6-18-9-12-8-13(17)7-11(2)14(12)21-10-16(3,4)15(19)20/h7-8,18H,5-6,9-10H2,1-4H3,(H,19,20). The lowest BCUT2D eigenvalue weighted by atomic mass is 9.95. The summed E-state index contributed by atoms with van der Waals surface area (Å²) in [7, 11) is 0. The van der Waals surface area contributed by atoms with Crippen molar-refractivity contribution in [3.05, 3.63) is 27.7 Å². The molecule has 0 aromatic heterocycles. The number of benzene rings is 1. The summed E-state index contributed by atoms with van der Waals surface area (Å²) >= 11 is 3.49. The van der Waals surface area contributed by atoms with E-state index in [2.05, 4.69) is 28.2 Å². The number of aryl methyl sites for hydroxylation is 1. The minimum atomic E-state index is -0.909. The summed E-state index contributed by atoms with van der Waals surface area (Å²) < 4.78 is 6.84. The first-order valence-electron chi connectivity index (χ1n) is 7.14. The molecule has 0 saturated heterocycles. The Morgan fingerprint density at radius 2 is 2.10 bits per heavy atom. The Morgan fingerprint density at radius 3 is 2.67 bits per heavy atom. The summed E-state index contributed by atoms with van der Waals surface area (Å²) in [5, 5.41) is 12.5. The number of aliphatic carboxylic acids is 1. The largest absolute Gasteiger partial charge is 0.492 e. The van der Waals surface area contributed by atoms with Crippen molar-refractivity contribution in [2.45, 2.75) is 40.7 Å². The Balaban J connectivity index is 2.91. The number of carboxylic acids is 1. The number of ether oxygens (including phenoxy) is 1. The third kappa shape index (κ3) is 5.32. The van der Waals surface area contributed by atoms with Gasteiger partial charge in [-0.05, 0) is 51.4 Å². The summed E-state index contributed by atoms with van der Waals surface area (Å²) in [6.45, 7) is 9.20. The average molecular weight is 358 g/mol. The molecule has 0 unspecified atom stereocenters. The highest BCUT2D eigenvalue weighted by molar-refractivity contribution is 9.10. The zero-order valence-electron chi connectivity index (χ0n) is 13.1. The molecule has 0 radical (unpaired) electrons. The van der Waals surface area contributed by atoms with Crippen molar-refractivity contribution >= 4 is 21.9 Å². The molecule has 5 heteroatoms. The Labute approximate surface area is 135 Å². The van der Waals surface area contributed by atoms with Crippen LogP contribution in [0.4, 0.5) is 0 Å². The summed E-state index contributed by atoms with van der Waals surface area (Å²) in [4.78, 5) is 11.2. The predicted molar refractivity (Wildman–Crippen MR) is 87.8 cm³/mol. The van der Waals surface area contributed by atoms with Crippen molar-refractivity contribution in [1.29, 1.82) is 0 Å². The number of hydrogen-bond acceptors (Lipinski definition) is 3. The minimum absolute atomic E-state index is 0.144. The molecule has 0 heterocycles. The molecule has 0 aliphatic rings. The second-order valence-corrected chi connectivity index (χ2v) is 6.78. The van der Waals surface area contributed by atoms with E-state index in [1.165, 1.54) is 0 Å². The summed E-state index contributed by atoms with van der Waals surface area (Å²) in [6, 6.07) is 3.99. The molecule has 2 N–H and O–H groups in total. The van der Waals surface area contributed by atoms with Crippen molar-refractivity contribution in [2.24, 2.45) is 5.41 Å². The maximum absolute atomic E-state index is 11.2. The molecule has 0 aliphatic carbocycles. The molecule has 118 valence electrons. The number of rotatable bonds is 8. The van der Waals surface area contributed by atoms with Crippen molar-refractivity contribution in [1.82, 2.24) is 5.32 Å². The highest BCUT2D eigenvalue weighted by atomic mass is 79.9. The molecule has 21 heavy (non-hydrogen) atoms. The van der Waals surface area contributed by atoms with Gasteiger partial charge in [0.15, 0.2) is 0 Å². The third-order valence-electron chi connectivity index (χ3n) is 3.21. The smallest absolute Gasteiger partial charge is 0.312 e. The molecule has 0 aliphatic heterocycles. The van der Waals surface area contributed by atoms with Gasteiger partial charge >= 0.3 is 5.97 Å². The van der Waals surface area contributed by atoms with Gasteiger partial charge in [-0.15, -0.1) is 0 Å². The van der Waals surface area contributed by atoms with Gasteiger partial charge in [-0.2, -0.15) is 0 Å². The zero-order chi connectivity index (χ0) is 16.0. The lowest BCUT2D eigenvalue weighted by molar-refractivity contribution is -0.148. The van der Waals surface area contributed by atoms with Crippen LogP contribution >= 0.6 is 15.9 Å². The molecule has 4 nitrogen and oxygen atoms in total. The monoisotopic (exact) mass is 357 g/mol. The van der Waals surface area contributed by atoms with Crippen LogP contribution in [0.2, 0.25) is 0 Å². The lowest BCUT2D eigenvalue weighted by Crippen LogP contribution is -2.31.